The molecule has 114 valence electrons. The highest BCUT2D eigenvalue weighted by Crippen LogP contribution is 2.36. The molecule has 4 nitrogen and oxygen atoms in total. The van der Waals surface area contributed by atoms with Gasteiger partial charge in [-0.05, 0) is 31.9 Å². The van der Waals surface area contributed by atoms with Gasteiger partial charge in [0.05, 0.1) is 21.8 Å². The third-order valence-corrected chi connectivity index (χ3v) is 6.58. The van der Waals surface area contributed by atoms with Gasteiger partial charge in [-0.15, -0.1) is 0 Å². The molecule has 2 saturated heterocycles. The molecule has 6 heteroatoms. The third-order valence-electron chi connectivity index (χ3n) is 4.65. The van der Waals surface area contributed by atoms with E-state index in [0.29, 0.717) is 11.6 Å². The number of piperidine rings is 1. The zero-order valence-electron chi connectivity index (χ0n) is 12.3. The van der Waals surface area contributed by atoms with Gasteiger partial charge in [-0.25, -0.2) is 0 Å². The molecule has 20 heavy (non-hydrogen) atoms. The molecule has 0 aromatic carbocycles. The Labute approximate surface area is 130 Å². The maximum atomic E-state index is 12.6. The van der Waals surface area contributed by atoms with E-state index in [2.05, 4.69) is 13.2 Å². The Bertz CT molecular complexity index is 381. The minimum atomic E-state index is -0.123. The van der Waals surface area contributed by atoms with E-state index in [1.807, 2.05) is 4.90 Å². The van der Waals surface area contributed by atoms with Crippen molar-refractivity contribution < 1.29 is 9.53 Å². The lowest BCUT2D eigenvalue weighted by molar-refractivity contribution is -0.138. The molecule has 0 aliphatic carbocycles. The fraction of sp³-hybridized carbons (Fsp3) is 0.857. The number of carbonyl (C=O) groups is 1. The van der Waals surface area contributed by atoms with Crippen molar-refractivity contribution in [1.82, 2.24) is 4.90 Å². The van der Waals surface area contributed by atoms with Gasteiger partial charge in [-0.1, -0.05) is 19.1 Å². The van der Waals surface area contributed by atoms with Crippen molar-refractivity contribution in [3.05, 3.63) is 0 Å². The van der Waals surface area contributed by atoms with E-state index in [1.165, 1.54) is 0 Å². The molecule has 1 amide bonds. The van der Waals surface area contributed by atoms with Gasteiger partial charge in [0.1, 0.15) is 0 Å². The Kier molecular flexibility index (Phi) is 5.31. The van der Waals surface area contributed by atoms with Crippen LogP contribution in [0.2, 0.25) is 0 Å². The van der Waals surface area contributed by atoms with E-state index < -0.39 is 0 Å². The van der Waals surface area contributed by atoms with Gasteiger partial charge in [0.2, 0.25) is 5.91 Å². The third kappa shape index (κ3) is 2.97. The van der Waals surface area contributed by atoms with E-state index >= 15 is 0 Å². The van der Waals surface area contributed by atoms with Crippen LogP contribution in [0.5, 0.6) is 0 Å². The number of hydrogen-bond acceptors (Lipinski definition) is 4. The predicted octanol–water partition coefficient (Wildman–Crippen LogP) is 1.81. The van der Waals surface area contributed by atoms with E-state index in [-0.39, 0.29) is 22.7 Å². The van der Waals surface area contributed by atoms with Gasteiger partial charge in [0.25, 0.3) is 0 Å². The highest BCUT2D eigenvalue weighted by atomic mass is 32.2. The fourth-order valence-electron chi connectivity index (χ4n) is 3.21. The Morgan fingerprint density at radius 2 is 2.15 bits per heavy atom. The number of thioether (sulfide) groups is 1. The van der Waals surface area contributed by atoms with Crippen molar-refractivity contribution >= 4 is 34.9 Å². The Morgan fingerprint density at radius 3 is 2.65 bits per heavy atom. The number of nitrogens with two attached hydrogens (primary N) is 1. The van der Waals surface area contributed by atoms with Crippen molar-refractivity contribution in [2.75, 3.05) is 26.0 Å². The first-order chi connectivity index (χ1) is 9.54. The summed E-state index contributed by atoms with van der Waals surface area (Å²) in [6.07, 6.45) is 5.64. The van der Waals surface area contributed by atoms with Crippen molar-refractivity contribution in [2.24, 2.45) is 11.7 Å². The van der Waals surface area contributed by atoms with Crippen LogP contribution in [0.1, 0.15) is 32.6 Å². The van der Waals surface area contributed by atoms with Crippen molar-refractivity contribution in [2.45, 2.75) is 43.5 Å². The molecule has 2 unspecified atom stereocenters. The molecule has 0 radical (unpaired) electrons. The monoisotopic (exact) mass is 316 g/mol. The number of hydrogen-bond donors (Lipinski definition) is 1. The molecule has 2 fully saturated rings. The second-order valence-electron chi connectivity index (χ2n) is 5.60. The van der Waals surface area contributed by atoms with Crippen LogP contribution in [0, 0.1) is 5.92 Å². The van der Waals surface area contributed by atoms with Gasteiger partial charge >= 0.3 is 0 Å². The standard InChI is InChI=1S/C14H24N2O2S2/c1-3-11-10(4-9-18-11)12(17)16-7-5-14(20-2,6-8-16)13(15)19/h10-11H,3-9H2,1-2H3,(H2,15,19). The van der Waals surface area contributed by atoms with E-state index in [4.69, 9.17) is 22.7 Å². The van der Waals surface area contributed by atoms with E-state index in [9.17, 15) is 4.79 Å². The average molecular weight is 316 g/mol. The first-order valence-electron chi connectivity index (χ1n) is 7.29. The lowest BCUT2D eigenvalue weighted by Crippen LogP contribution is -2.52. The van der Waals surface area contributed by atoms with Gasteiger partial charge in [0, 0.05) is 19.7 Å². The zero-order valence-corrected chi connectivity index (χ0v) is 13.9. The minimum Gasteiger partial charge on any atom is -0.392 e. The normalized spacial score (nSPS) is 29.4. The Morgan fingerprint density at radius 1 is 1.50 bits per heavy atom. The number of ether oxygens (including phenoxy) is 1. The van der Waals surface area contributed by atoms with Crippen molar-refractivity contribution in [3.8, 4) is 0 Å². The maximum absolute atomic E-state index is 12.6. The molecule has 2 atom stereocenters. The van der Waals surface area contributed by atoms with E-state index in [1.54, 1.807) is 11.8 Å². The Balaban J connectivity index is 1.96. The number of likely N-dealkylation sites (tertiary alicyclic amines) is 1. The molecule has 0 spiro atoms. The Hall–Kier alpha value is -0.330. The average Bonchev–Trinajstić information content (AvgIpc) is 2.94. The van der Waals surface area contributed by atoms with Crippen LogP contribution < -0.4 is 5.73 Å². The molecule has 2 aliphatic heterocycles. The molecule has 2 N–H and O–H groups in total. The summed E-state index contributed by atoms with van der Waals surface area (Å²) in [6, 6.07) is 0. The van der Waals surface area contributed by atoms with Crippen LogP contribution in [-0.4, -0.2) is 52.6 Å². The number of carbonyl (C=O) groups excluding carboxylic acids is 1. The number of amides is 1. The van der Waals surface area contributed by atoms with Crippen molar-refractivity contribution in [3.63, 3.8) is 0 Å². The summed E-state index contributed by atoms with van der Waals surface area (Å²) in [6.45, 7) is 4.30. The van der Waals surface area contributed by atoms with Crippen molar-refractivity contribution in [1.29, 1.82) is 0 Å². The summed E-state index contributed by atoms with van der Waals surface area (Å²) in [4.78, 5) is 15.2. The predicted molar refractivity (Wildman–Crippen MR) is 87.0 cm³/mol. The second kappa shape index (κ2) is 6.62. The van der Waals surface area contributed by atoms with Crippen LogP contribution in [0.4, 0.5) is 0 Å². The highest BCUT2D eigenvalue weighted by molar-refractivity contribution is 8.02. The van der Waals surface area contributed by atoms with Crippen LogP contribution in [0.25, 0.3) is 0 Å². The maximum Gasteiger partial charge on any atom is 0.228 e. The summed E-state index contributed by atoms with van der Waals surface area (Å²) in [5, 5.41) is 0. The quantitative estimate of drug-likeness (QED) is 0.802. The topological polar surface area (TPSA) is 55.6 Å². The SMILES string of the molecule is CCC1OCCC1C(=O)N1CCC(SC)(C(N)=S)CC1. The summed E-state index contributed by atoms with van der Waals surface area (Å²) in [5.74, 6) is 0.304. The van der Waals surface area contributed by atoms with Gasteiger partial charge < -0.3 is 15.4 Å². The first kappa shape index (κ1) is 16.0. The van der Waals surface area contributed by atoms with Crippen LogP contribution in [-0.2, 0) is 9.53 Å². The number of nitrogens with zero attached hydrogens (tertiary/aromatic N) is 1. The summed E-state index contributed by atoms with van der Waals surface area (Å²) < 4.78 is 5.51. The first-order valence-corrected chi connectivity index (χ1v) is 8.93. The fourth-order valence-corrected chi connectivity index (χ4v) is 4.45. The zero-order chi connectivity index (χ0) is 14.8. The van der Waals surface area contributed by atoms with E-state index in [0.717, 1.165) is 38.8 Å². The van der Waals surface area contributed by atoms with Gasteiger partial charge in [-0.3, -0.25) is 4.79 Å². The molecular formula is C14H24N2O2S2. The molecule has 0 aromatic heterocycles. The minimum absolute atomic E-state index is 0.0478. The summed E-state index contributed by atoms with van der Waals surface area (Å²) in [7, 11) is 0. The summed E-state index contributed by atoms with van der Waals surface area (Å²) >= 11 is 6.93. The van der Waals surface area contributed by atoms with Crippen LogP contribution >= 0.6 is 24.0 Å². The molecule has 0 aromatic rings. The highest BCUT2D eigenvalue weighted by Gasteiger charge is 2.41. The lowest BCUT2D eigenvalue weighted by atomic mass is 9.92. The number of thiocarbonyl (C=S) groups is 1. The molecule has 2 heterocycles. The molecule has 2 aliphatic rings. The largest absolute Gasteiger partial charge is 0.392 e. The van der Waals surface area contributed by atoms with Crippen LogP contribution in [0.15, 0.2) is 0 Å². The molecule has 0 saturated carbocycles. The smallest absolute Gasteiger partial charge is 0.228 e. The van der Waals surface area contributed by atoms with Crippen LogP contribution in [0.3, 0.4) is 0 Å². The lowest BCUT2D eigenvalue weighted by Gasteiger charge is -2.41. The molecular weight excluding hydrogens is 292 g/mol. The van der Waals surface area contributed by atoms with Gasteiger partial charge in [0.15, 0.2) is 0 Å². The molecule has 2 rings (SSSR count). The number of rotatable bonds is 4. The summed E-state index contributed by atoms with van der Waals surface area (Å²) in [5.41, 5.74) is 5.89. The molecule has 0 bridgehead atoms. The second-order valence-corrected chi connectivity index (χ2v) is 7.23. The van der Waals surface area contributed by atoms with Gasteiger partial charge in [-0.2, -0.15) is 11.8 Å².